The molecule has 1 aliphatic carbocycles. The molecule has 1 atom stereocenters. The van der Waals surface area contributed by atoms with E-state index in [1.165, 1.54) is 0 Å². The van der Waals surface area contributed by atoms with Crippen molar-refractivity contribution in [3.05, 3.63) is 22.6 Å². The Morgan fingerprint density at radius 2 is 2.04 bits per heavy atom. The van der Waals surface area contributed by atoms with Crippen molar-refractivity contribution in [3.63, 3.8) is 0 Å². The van der Waals surface area contributed by atoms with Gasteiger partial charge in [0.1, 0.15) is 5.76 Å². The summed E-state index contributed by atoms with van der Waals surface area (Å²) in [6.07, 6.45) is 3.83. The van der Waals surface area contributed by atoms with Gasteiger partial charge in [-0.3, -0.25) is 9.59 Å². The zero-order valence-corrected chi connectivity index (χ0v) is 16.1. The summed E-state index contributed by atoms with van der Waals surface area (Å²) in [6.45, 7) is 6.96. The molecule has 0 radical (unpaired) electrons. The van der Waals surface area contributed by atoms with E-state index in [0.29, 0.717) is 48.1 Å². The summed E-state index contributed by atoms with van der Waals surface area (Å²) in [7, 11) is 1.81. The van der Waals surface area contributed by atoms with Crippen LogP contribution in [0.2, 0.25) is 0 Å². The van der Waals surface area contributed by atoms with Gasteiger partial charge in [-0.05, 0) is 52.1 Å². The molecule has 6 heteroatoms. The van der Waals surface area contributed by atoms with Gasteiger partial charge in [0.25, 0.3) is 5.91 Å². The molecule has 1 aromatic heterocycles. The highest BCUT2D eigenvalue weighted by Gasteiger charge is 2.31. The van der Waals surface area contributed by atoms with Crippen LogP contribution in [0.1, 0.15) is 64.8 Å². The molecule has 1 saturated heterocycles. The second-order valence-electron chi connectivity index (χ2n) is 7.91. The van der Waals surface area contributed by atoms with Crippen LogP contribution in [-0.4, -0.2) is 65.9 Å². The average molecular weight is 362 g/mol. The molecular formula is C20H30N2O4. The highest BCUT2D eigenvalue weighted by Crippen LogP contribution is 2.30. The Balaban J connectivity index is 1.60. The molecule has 1 N–H and O–H groups in total. The van der Waals surface area contributed by atoms with Crippen LogP contribution in [0.4, 0.5) is 0 Å². The first-order chi connectivity index (χ1) is 12.4. The van der Waals surface area contributed by atoms with Crippen molar-refractivity contribution >= 4 is 11.7 Å². The van der Waals surface area contributed by atoms with E-state index in [4.69, 9.17) is 4.42 Å². The minimum atomic E-state index is -0.300. The first kappa shape index (κ1) is 19.1. The Bertz CT molecular complexity index is 672. The van der Waals surface area contributed by atoms with Crippen molar-refractivity contribution in [1.82, 2.24) is 9.80 Å². The summed E-state index contributed by atoms with van der Waals surface area (Å²) in [5.74, 6) is 1.44. The highest BCUT2D eigenvalue weighted by molar-refractivity contribution is 6.03. The highest BCUT2D eigenvalue weighted by atomic mass is 16.4. The molecule has 0 spiro atoms. The largest absolute Gasteiger partial charge is 0.455 e. The van der Waals surface area contributed by atoms with Gasteiger partial charge in [0, 0.05) is 38.5 Å². The number of β-amino-alcohol motifs (C(OH)–C–C–N with tert-alkyl or cyclic N) is 1. The van der Waals surface area contributed by atoms with Gasteiger partial charge in [-0.15, -0.1) is 0 Å². The maximum absolute atomic E-state index is 12.9. The number of carbonyl (C=O) groups excluding carboxylic acids is 2. The summed E-state index contributed by atoms with van der Waals surface area (Å²) in [5.41, 5.74) is 1.34. The van der Waals surface area contributed by atoms with Crippen LogP contribution in [0.15, 0.2) is 4.42 Å². The summed E-state index contributed by atoms with van der Waals surface area (Å²) in [4.78, 5) is 29.0. The predicted octanol–water partition coefficient (Wildman–Crippen LogP) is 2.27. The second kappa shape index (κ2) is 7.92. The fraction of sp³-hybridized carbons (Fsp3) is 0.700. The van der Waals surface area contributed by atoms with Gasteiger partial charge in [0.15, 0.2) is 11.5 Å². The van der Waals surface area contributed by atoms with E-state index >= 15 is 0 Å². The van der Waals surface area contributed by atoms with E-state index in [0.717, 1.165) is 38.8 Å². The smallest absolute Gasteiger partial charge is 0.289 e. The molecule has 2 aliphatic rings. The molecule has 1 amide bonds. The zero-order chi connectivity index (χ0) is 18.8. The average Bonchev–Trinajstić information content (AvgIpc) is 2.93. The SMILES string of the molecule is Cc1c(C(=O)N(C)CC2CCN(C[C@@H](C)O)CC2)oc2c1C(=O)CCC2. The van der Waals surface area contributed by atoms with Crippen molar-refractivity contribution in [2.45, 2.75) is 52.1 Å². The van der Waals surface area contributed by atoms with Crippen molar-refractivity contribution in [2.24, 2.45) is 5.92 Å². The van der Waals surface area contributed by atoms with Crippen LogP contribution in [0.5, 0.6) is 0 Å². The number of aryl methyl sites for hydroxylation is 1. The second-order valence-corrected chi connectivity index (χ2v) is 7.91. The van der Waals surface area contributed by atoms with Gasteiger partial charge >= 0.3 is 0 Å². The molecule has 144 valence electrons. The molecule has 1 aromatic rings. The van der Waals surface area contributed by atoms with Crippen LogP contribution in [-0.2, 0) is 6.42 Å². The lowest BCUT2D eigenvalue weighted by atomic mass is 9.93. The summed E-state index contributed by atoms with van der Waals surface area (Å²) < 4.78 is 5.79. The number of Topliss-reactive ketones (excluding diaryl/α,β-unsaturated/α-hetero) is 1. The van der Waals surface area contributed by atoms with Crippen LogP contribution < -0.4 is 0 Å². The van der Waals surface area contributed by atoms with Crippen molar-refractivity contribution in [2.75, 3.05) is 33.2 Å². The number of aliphatic hydroxyl groups is 1. The molecular weight excluding hydrogens is 332 g/mol. The normalized spacial score (nSPS) is 20.1. The Morgan fingerprint density at radius 1 is 1.35 bits per heavy atom. The van der Waals surface area contributed by atoms with Gasteiger partial charge in [-0.25, -0.2) is 0 Å². The maximum atomic E-state index is 12.9. The molecule has 26 heavy (non-hydrogen) atoms. The summed E-state index contributed by atoms with van der Waals surface area (Å²) in [6, 6.07) is 0. The van der Waals surface area contributed by atoms with Crippen LogP contribution >= 0.6 is 0 Å². The standard InChI is InChI=1S/C20H30N2O4/c1-13(23)11-22-9-7-15(8-10-22)12-21(3)20(25)19-14(2)18-16(24)5-4-6-17(18)26-19/h13,15,23H,4-12H2,1-3H3/t13-/m1/s1. The predicted molar refractivity (Wildman–Crippen MR) is 98.5 cm³/mol. The third kappa shape index (κ3) is 4.01. The molecule has 1 fully saturated rings. The lowest BCUT2D eigenvalue weighted by molar-refractivity contribution is 0.0673. The monoisotopic (exact) mass is 362 g/mol. The van der Waals surface area contributed by atoms with E-state index in [2.05, 4.69) is 4.90 Å². The summed E-state index contributed by atoms with van der Waals surface area (Å²) in [5, 5.41) is 9.50. The van der Waals surface area contributed by atoms with Crippen molar-refractivity contribution in [3.8, 4) is 0 Å². The van der Waals surface area contributed by atoms with Gasteiger partial charge < -0.3 is 19.3 Å². The fourth-order valence-corrected chi connectivity index (χ4v) is 4.22. The number of ketones is 1. The van der Waals surface area contributed by atoms with E-state index in [1.807, 2.05) is 20.9 Å². The van der Waals surface area contributed by atoms with Gasteiger partial charge in [0.05, 0.1) is 11.7 Å². The lowest BCUT2D eigenvalue weighted by Crippen LogP contribution is -2.41. The number of aliphatic hydroxyl groups excluding tert-OH is 1. The first-order valence-electron chi connectivity index (χ1n) is 9.68. The molecule has 6 nitrogen and oxygen atoms in total. The number of hydrogen-bond acceptors (Lipinski definition) is 5. The van der Waals surface area contributed by atoms with Crippen molar-refractivity contribution < 1.29 is 19.1 Å². The Kier molecular flexibility index (Phi) is 5.82. The molecule has 3 rings (SSSR count). The number of furan rings is 1. The number of likely N-dealkylation sites (tertiary alicyclic amines) is 1. The number of rotatable bonds is 5. The number of hydrogen-bond donors (Lipinski definition) is 1. The molecule has 2 heterocycles. The molecule has 0 saturated carbocycles. The minimum Gasteiger partial charge on any atom is -0.455 e. The number of carbonyl (C=O) groups is 2. The van der Waals surface area contributed by atoms with E-state index in [-0.39, 0.29) is 17.8 Å². The quantitative estimate of drug-likeness (QED) is 0.870. The molecule has 0 unspecified atom stereocenters. The number of amides is 1. The van der Waals surface area contributed by atoms with Gasteiger partial charge in [-0.1, -0.05) is 0 Å². The van der Waals surface area contributed by atoms with E-state index in [9.17, 15) is 14.7 Å². The van der Waals surface area contributed by atoms with Gasteiger partial charge in [-0.2, -0.15) is 0 Å². The zero-order valence-electron chi connectivity index (χ0n) is 16.1. The molecule has 0 aromatic carbocycles. The third-order valence-corrected chi connectivity index (χ3v) is 5.61. The lowest BCUT2D eigenvalue weighted by Gasteiger charge is -2.34. The Hall–Kier alpha value is -1.66. The van der Waals surface area contributed by atoms with Crippen LogP contribution in [0.25, 0.3) is 0 Å². The molecule has 1 aliphatic heterocycles. The fourth-order valence-electron chi connectivity index (χ4n) is 4.22. The number of fused-ring (bicyclic) bond motifs is 1. The van der Waals surface area contributed by atoms with Crippen LogP contribution in [0.3, 0.4) is 0 Å². The Morgan fingerprint density at radius 3 is 2.65 bits per heavy atom. The topological polar surface area (TPSA) is 74.0 Å². The first-order valence-corrected chi connectivity index (χ1v) is 9.68. The Labute approximate surface area is 155 Å². The van der Waals surface area contributed by atoms with Crippen molar-refractivity contribution in [1.29, 1.82) is 0 Å². The molecule has 0 bridgehead atoms. The maximum Gasteiger partial charge on any atom is 0.289 e. The van der Waals surface area contributed by atoms with E-state index < -0.39 is 0 Å². The minimum absolute atomic E-state index is 0.0969. The van der Waals surface area contributed by atoms with E-state index in [1.54, 1.807) is 4.90 Å². The number of nitrogens with zero attached hydrogens (tertiary/aromatic N) is 2. The summed E-state index contributed by atoms with van der Waals surface area (Å²) >= 11 is 0. The third-order valence-electron chi connectivity index (χ3n) is 5.61. The number of piperidine rings is 1. The van der Waals surface area contributed by atoms with Crippen LogP contribution in [0, 0.1) is 12.8 Å². The van der Waals surface area contributed by atoms with Gasteiger partial charge in [0.2, 0.25) is 0 Å².